The summed E-state index contributed by atoms with van der Waals surface area (Å²) in [6, 6.07) is 15.6. The van der Waals surface area contributed by atoms with Gasteiger partial charge in [0.2, 0.25) is 5.78 Å². The summed E-state index contributed by atoms with van der Waals surface area (Å²) in [6.45, 7) is -0.649. The third-order valence-corrected chi connectivity index (χ3v) is 5.70. The number of benzene rings is 2. The van der Waals surface area contributed by atoms with Gasteiger partial charge in [0.05, 0.1) is 31.8 Å². The molecule has 3 aromatic heterocycles. The van der Waals surface area contributed by atoms with Gasteiger partial charge < -0.3 is 25.0 Å². The lowest BCUT2D eigenvalue weighted by Crippen LogP contribution is -2.23. The predicted molar refractivity (Wildman–Crippen MR) is 125 cm³/mol. The number of fused-ring (bicyclic) bond motifs is 2. The molecule has 0 saturated carbocycles. The van der Waals surface area contributed by atoms with E-state index in [1.165, 1.54) is 10.7 Å². The van der Waals surface area contributed by atoms with Gasteiger partial charge in [-0.2, -0.15) is 4.98 Å². The minimum Gasteiger partial charge on any atom is -0.394 e. The molecule has 0 radical (unpaired) electrons. The Hall–Kier alpha value is -3.83. The van der Waals surface area contributed by atoms with E-state index in [9.17, 15) is 20.1 Å². The van der Waals surface area contributed by atoms with Crippen LogP contribution in [0.3, 0.4) is 0 Å². The van der Waals surface area contributed by atoms with E-state index in [1.54, 1.807) is 10.8 Å². The van der Waals surface area contributed by atoms with Crippen molar-refractivity contribution in [3.05, 3.63) is 77.0 Å². The van der Waals surface area contributed by atoms with E-state index >= 15 is 0 Å². The topological polar surface area (TPSA) is 138 Å². The van der Waals surface area contributed by atoms with E-state index in [4.69, 9.17) is 4.74 Å². The van der Waals surface area contributed by atoms with Crippen LogP contribution in [-0.2, 0) is 18.1 Å². The number of aliphatic hydroxyl groups is 3. The number of nitrogens with one attached hydrogen (secondary N) is 1. The van der Waals surface area contributed by atoms with Crippen molar-refractivity contribution in [2.24, 2.45) is 0 Å². The summed E-state index contributed by atoms with van der Waals surface area (Å²) in [5.74, 6) is 0.360. The standard InChI is InChI=1S/C24H23N5O5/c30-10-15-1-3-16(4-2-15)17-5-7-18(8-6-17)20-9-29-23(33)21-22(27-24(29)26-20)28(13-25-21)14-34-19(11-31)12-32/h1-9,13,19,30-32H,10-12,14H2,(H,26,27). The smallest absolute Gasteiger partial charge is 0.287 e. The summed E-state index contributed by atoms with van der Waals surface area (Å²) < 4.78 is 8.40. The highest BCUT2D eigenvalue weighted by Gasteiger charge is 2.15. The molecule has 0 amide bonds. The number of nitrogens with zero attached hydrogens (tertiary/aromatic N) is 4. The van der Waals surface area contributed by atoms with Crippen LogP contribution in [0, 0.1) is 0 Å². The fourth-order valence-electron chi connectivity index (χ4n) is 3.73. The minimum absolute atomic E-state index is 0.0123. The number of H-pyrrole nitrogens is 1. The zero-order valence-electron chi connectivity index (χ0n) is 18.1. The monoisotopic (exact) mass is 461 g/mol. The van der Waals surface area contributed by atoms with E-state index < -0.39 is 6.10 Å². The lowest BCUT2D eigenvalue weighted by molar-refractivity contribution is -0.0488. The van der Waals surface area contributed by atoms with Crippen molar-refractivity contribution in [2.75, 3.05) is 13.2 Å². The first-order valence-electron chi connectivity index (χ1n) is 10.7. The maximum absolute atomic E-state index is 13.0. The molecule has 0 saturated heterocycles. The van der Waals surface area contributed by atoms with Gasteiger partial charge in [0.15, 0.2) is 11.2 Å². The van der Waals surface area contributed by atoms with Gasteiger partial charge >= 0.3 is 0 Å². The van der Waals surface area contributed by atoms with Crippen LogP contribution >= 0.6 is 0 Å². The Morgan fingerprint density at radius 1 is 0.941 bits per heavy atom. The first kappa shape index (κ1) is 22.0. The number of imidazole rings is 2. The molecule has 4 N–H and O–H groups in total. The van der Waals surface area contributed by atoms with E-state index in [0.717, 1.165) is 27.9 Å². The third-order valence-electron chi connectivity index (χ3n) is 5.70. The number of aromatic nitrogens is 5. The van der Waals surface area contributed by atoms with Crippen LogP contribution in [0.2, 0.25) is 0 Å². The Balaban J connectivity index is 1.46. The average molecular weight is 461 g/mol. The fraction of sp³-hybridized carbons (Fsp3) is 0.208. The zero-order valence-corrected chi connectivity index (χ0v) is 18.1. The molecule has 0 bridgehead atoms. The summed E-state index contributed by atoms with van der Waals surface area (Å²) in [4.78, 5) is 24.9. The van der Waals surface area contributed by atoms with Crippen LogP contribution in [0.4, 0.5) is 0 Å². The van der Waals surface area contributed by atoms with Gasteiger partial charge in [-0.05, 0) is 22.3 Å². The number of aliphatic hydroxyl groups excluding tert-OH is 3. The van der Waals surface area contributed by atoms with Gasteiger partial charge in [0, 0.05) is 6.20 Å². The Labute approximate surface area is 193 Å². The Kier molecular flexibility index (Phi) is 5.95. The van der Waals surface area contributed by atoms with Crippen LogP contribution in [0.5, 0.6) is 0 Å². The molecule has 0 fully saturated rings. The molecule has 0 spiro atoms. The Morgan fingerprint density at radius 3 is 2.24 bits per heavy atom. The molecule has 5 aromatic rings. The molecule has 0 atom stereocenters. The third kappa shape index (κ3) is 3.99. The molecule has 0 aliphatic carbocycles. The van der Waals surface area contributed by atoms with Crippen molar-refractivity contribution in [1.82, 2.24) is 23.9 Å². The van der Waals surface area contributed by atoms with Gasteiger partial charge in [-0.25, -0.2) is 9.38 Å². The molecular formula is C24H23N5O5. The lowest BCUT2D eigenvalue weighted by Gasteiger charge is -2.12. The normalized spacial score (nSPS) is 11.8. The molecule has 5 rings (SSSR count). The first-order chi connectivity index (χ1) is 16.6. The summed E-state index contributed by atoms with van der Waals surface area (Å²) >= 11 is 0. The highest BCUT2D eigenvalue weighted by Crippen LogP contribution is 2.25. The fourth-order valence-corrected chi connectivity index (χ4v) is 3.73. The van der Waals surface area contributed by atoms with Gasteiger partial charge in [-0.3, -0.25) is 9.36 Å². The van der Waals surface area contributed by atoms with E-state index in [-0.39, 0.29) is 37.6 Å². The van der Waals surface area contributed by atoms with Crippen LogP contribution in [0.25, 0.3) is 39.3 Å². The zero-order chi connectivity index (χ0) is 23.7. The van der Waals surface area contributed by atoms with Crippen LogP contribution in [0.15, 0.2) is 65.8 Å². The van der Waals surface area contributed by atoms with Crippen LogP contribution in [0.1, 0.15) is 5.56 Å². The second-order valence-corrected chi connectivity index (χ2v) is 7.88. The quantitative estimate of drug-likeness (QED) is 0.275. The summed E-state index contributed by atoms with van der Waals surface area (Å²) in [5.41, 5.74) is 4.77. The van der Waals surface area contributed by atoms with Crippen molar-refractivity contribution >= 4 is 16.9 Å². The number of hydrogen-bond acceptors (Lipinski definition) is 7. The molecule has 0 aliphatic rings. The highest BCUT2D eigenvalue weighted by atomic mass is 16.5. The molecular weight excluding hydrogens is 438 g/mol. The summed E-state index contributed by atoms with van der Waals surface area (Å²) in [7, 11) is 0. The highest BCUT2D eigenvalue weighted by molar-refractivity contribution is 5.74. The molecule has 0 unspecified atom stereocenters. The van der Waals surface area contributed by atoms with E-state index in [2.05, 4.69) is 15.0 Å². The summed E-state index contributed by atoms with van der Waals surface area (Å²) in [5, 5.41) is 27.6. The largest absolute Gasteiger partial charge is 0.394 e. The average Bonchev–Trinajstić information content (AvgIpc) is 3.50. The lowest BCUT2D eigenvalue weighted by atomic mass is 10.0. The van der Waals surface area contributed by atoms with Gasteiger partial charge in [0.1, 0.15) is 12.8 Å². The molecule has 3 heterocycles. The summed E-state index contributed by atoms with van der Waals surface area (Å²) in [6.07, 6.45) is 2.41. The number of ether oxygens (including phenoxy) is 1. The van der Waals surface area contributed by atoms with Crippen molar-refractivity contribution < 1.29 is 20.1 Å². The molecule has 174 valence electrons. The van der Waals surface area contributed by atoms with Gasteiger partial charge in [-0.15, -0.1) is 0 Å². The second-order valence-electron chi connectivity index (χ2n) is 7.88. The maximum Gasteiger partial charge on any atom is 0.287 e. The molecule has 10 nitrogen and oxygen atoms in total. The van der Waals surface area contributed by atoms with Gasteiger partial charge in [0.25, 0.3) is 5.56 Å². The maximum atomic E-state index is 13.0. The Morgan fingerprint density at radius 2 is 1.59 bits per heavy atom. The Bertz CT molecular complexity index is 1480. The van der Waals surface area contributed by atoms with E-state index in [0.29, 0.717) is 11.4 Å². The van der Waals surface area contributed by atoms with Crippen molar-refractivity contribution in [3.63, 3.8) is 0 Å². The number of aromatic amines is 1. The van der Waals surface area contributed by atoms with Crippen molar-refractivity contribution in [1.29, 1.82) is 0 Å². The number of rotatable bonds is 8. The van der Waals surface area contributed by atoms with Crippen molar-refractivity contribution in [2.45, 2.75) is 19.4 Å². The first-order valence-corrected chi connectivity index (χ1v) is 10.7. The molecule has 0 aliphatic heterocycles. The van der Waals surface area contributed by atoms with E-state index in [1.807, 2.05) is 48.5 Å². The molecule has 2 aromatic carbocycles. The molecule has 34 heavy (non-hydrogen) atoms. The van der Waals surface area contributed by atoms with Crippen molar-refractivity contribution in [3.8, 4) is 22.4 Å². The van der Waals surface area contributed by atoms with Gasteiger partial charge in [-0.1, -0.05) is 48.5 Å². The number of hydrogen-bond donors (Lipinski definition) is 4. The molecule has 10 heteroatoms. The van der Waals surface area contributed by atoms with Crippen LogP contribution < -0.4 is 5.56 Å². The predicted octanol–water partition coefficient (Wildman–Crippen LogP) is 1.53. The SMILES string of the molecule is O=c1c2ncn(COC(CO)CO)c2nc2[nH]c(-c3ccc(-c4ccc(CO)cc4)cc3)cn12. The minimum atomic E-state index is -0.727. The second kappa shape index (κ2) is 9.20. The van der Waals surface area contributed by atoms with Crippen LogP contribution in [-0.4, -0.2) is 58.6 Å².